The lowest BCUT2D eigenvalue weighted by atomic mass is 10.2. The Labute approximate surface area is 98.2 Å². The summed E-state index contributed by atoms with van der Waals surface area (Å²) in [4.78, 5) is 3.71. The first-order valence-electron chi connectivity index (χ1n) is 4.74. The van der Waals surface area contributed by atoms with Gasteiger partial charge in [-0.05, 0) is 47.6 Å². The number of thiophene rings is 1. The van der Waals surface area contributed by atoms with Crippen LogP contribution in [0.2, 0.25) is 0 Å². The molecule has 4 heteroatoms. The third-order valence-electron chi connectivity index (χ3n) is 2.08. The van der Waals surface area contributed by atoms with Crippen molar-refractivity contribution in [2.24, 2.45) is 11.7 Å². The van der Waals surface area contributed by atoms with Crippen LogP contribution in [0.5, 0.6) is 0 Å². The lowest BCUT2D eigenvalue weighted by molar-refractivity contribution is 0.284. The fourth-order valence-corrected chi connectivity index (χ4v) is 2.94. The van der Waals surface area contributed by atoms with Crippen LogP contribution in [-0.4, -0.2) is 25.0 Å². The molecular weight excluding hydrogens is 260 g/mol. The maximum absolute atomic E-state index is 5.59. The Morgan fingerprint density at radius 1 is 1.57 bits per heavy atom. The first kappa shape index (κ1) is 12.2. The normalized spacial score (nSPS) is 13.5. The number of rotatable bonds is 5. The van der Waals surface area contributed by atoms with E-state index in [2.05, 4.69) is 46.9 Å². The summed E-state index contributed by atoms with van der Waals surface area (Å²) in [6, 6.07) is 4.26. The molecule has 0 amide bonds. The summed E-state index contributed by atoms with van der Waals surface area (Å²) < 4.78 is 1.20. The van der Waals surface area contributed by atoms with Crippen molar-refractivity contribution in [2.75, 3.05) is 20.1 Å². The molecule has 1 unspecified atom stereocenters. The molecule has 1 rings (SSSR count). The van der Waals surface area contributed by atoms with Gasteiger partial charge < -0.3 is 10.6 Å². The Balaban J connectivity index is 2.37. The molecule has 2 nitrogen and oxygen atoms in total. The highest BCUT2D eigenvalue weighted by molar-refractivity contribution is 9.11. The van der Waals surface area contributed by atoms with Crippen LogP contribution in [-0.2, 0) is 6.54 Å². The van der Waals surface area contributed by atoms with Crippen molar-refractivity contribution in [3.8, 4) is 0 Å². The molecule has 0 aromatic carbocycles. The zero-order valence-electron chi connectivity index (χ0n) is 8.66. The monoisotopic (exact) mass is 276 g/mol. The highest BCUT2D eigenvalue weighted by atomic mass is 79.9. The quantitative estimate of drug-likeness (QED) is 0.896. The Morgan fingerprint density at radius 3 is 2.79 bits per heavy atom. The zero-order chi connectivity index (χ0) is 10.6. The second-order valence-corrected chi connectivity index (χ2v) is 6.29. The van der Waals surface area contributed by atoms with Gasteiger partial charge in [0.15, 0.2) is 0 Å². The molecule has 2 N–H and O–H groups in total. The minimum atomic E-state index is 0.573. The fraction of sp³-hybridized carbons (Fsp3) is 0.600. The predicted octanol–water partition coefficient (Wildman–Crippen LogP) is 2.54. The molecule has 0 fully saturated rings. The molecule has 0 aliphatic rings. The van der Waals surface area contributed by atoms with Crippen LogP contribution in [0.3, 0.4) is 0 Å². The second-order valence-electron chi connectivity index (χ2n) is 3.74. The van der Waals surface area contributed by atoms with E-state index in [-0.39, 0.29) is 0 Å². The summed E-state index contributed by atoms with van der Waals surface area (Å²) in [5.41, 5.74) is 5.59. The molecule has 1 atom stereocenters. The van der Waals surface area contributed by atoms with E-state index in [1.54, 1.807) is 11.3 Å². The molecule has 0 saturated heterocycles. The number of halogens is 1. The first-order chi connectivity index (χ1) is 6.61. The average Bonchev–Trinajstić information content (AvgIpc) is 2.50. The maximum Gasteiger partial charge on any atom is 0.0701 e. The third kappa shape index (κ3) is 4.09. The van der Waals surface area contributed by atoms with E-state index in [1.165, 1.54) is 8.66 Å². The van der Waals surface area contributed by atoms with Gasteiger partial charge >= 0.3 is 0 Å². The van der Waals surface area contributed by atoms with E-state index in [1.807, 2.05) is 0 Å². The van der Waals surface area contributed by atoms with Gasteiger partial charge in [0, 0.05) is 18.0 Å². The molecule has 80 valence electrons. The zero-order valence-corrected chi connectivity index (χ0v) is 11.1. The molecule has 1 aromatic rings. The summed E-state index contributed by atoms with van der Waals surface area (Å²) in [7, 11) is 2.14. The van der Waals surface area contributed by atoms with Gasteiger partial charge in [0.05, 0.1) is 3.79 Å². The van der Waals surface area contributed by atoms with Crippen molar-refractivity contribution in [1.29, 1.82) is 0 Å². The van der Waals surface area contributed by atoms with Crippen LogP contribution in [0.25, 0.3) is 0 Å². The molecule has 1 aromatic heterocycles. The van der Waals surface area contributed by atoms with Gasteiger partial charge in [0.2, 0.25) is 0 Å². The third-order valence-corrected chi connectivity index (χ3v) is 3.69. The van der Waals surface area contributed by atoms with Crippen LogP contribution in [0.15, 0.2) is 15.9 Å². The van der Waals surface area contributed by atoms with E-state index < -0.39 is 0 Å². The molecule has 1 heterocycles. The van der Waals surface area contributed by atoms with Gasteiger partial charge in [0.25, 0.3) is 0 Å². The van der Waals surface area contributed by atoms with E-state index in [0.29, 0.717) is 5.92 Å². The van der Waals surface area contributed by atoms with E-state index >= 15 is 0 Å². The summed E-state index contributed by atoms with van der Waals surface area (Å²) in [6.45, 7) is 5.02. The smallest absolute Gasteiger partial charge is 0.0701 e. The predicted molar refractivity (Wildman–Crippen MR) is 66.6 cm³/mol. The molecule has 0 saturated carbocycles. The van der Waals surface area contributed by atoms with Crippen LogP contribution < -0.4 is 5.73 Å². The minimum Gasteiger partial charge on any atom is -0.330 e. The highest BCUT2D eigenvalue weighted by Crippen LogP contribution is 2.23. The standard InChI is InChI=1S/C10H17BrN2S/c1-8(5-12)6-13(2)7-9-3-4-10(11)14-9/h3-4,8H,5-7,12H2,1-2H3. The van der Waals surface area contributed by atoms with Gasteiger partial charge in [-0.3, -0.25) is 0 Å². The van der Waals surface area contributed by atoms with E-state index in [0.717, 1.165) is 19.6 Å². The number of hydrogen-bond acceptors (Lipinski definition) is 3. The molecule has 0 spiro atoms. The van der Waals surface area contributed by atoms with Gasteiger partial charge in [-0.25, -0.2) is 0 Å². The van der Waals surface area contributed by atoms with Crippen molar-refractivity contribution in [1.82, 2.24) is 4.90 Å². The highest BCUT2D eigenvalue weighted by Gasteiger charge is 2.06. The number of nitrogens with two attached hydrogens (primary N) is 1. The molecule has 0 aliphatic carbocycles. The molecule has 0 bridgehead atoms. The summed E-state index contributed by atoms with van der Waals surface area (Å²) in [5, 5.41) is 0. The largest absolute Gasteiger partial charge is 0.330 e. The molecule has 0 radical (unpaired) electrons. The summed E-state index contributed by atoms with van der Waals surface area (Å²) >= 11 is 5.26. The van der Waals surface area contributed by atoms with E-state index in [9.17, 15) is 0 Å². The minimum absolute atomic E-state index is 0.573. The average molecular weight is 277 g/mol. The van der Waals surface area contributed by atoms with Gasteiger partial charge in [-0.1, -0.05) is 6.92 Å². The lowest BCUT2D eigenvalue weighted by Gasteiger charge is -2.19. The van der Waals surface area contributed by atoms with Crippen molar-refractivity contribution in [3.63, 3.8) is 0 Å². The number of hydrogen-bond donors (Lipinski definition) is 1. The van der Waals surface area contributed by atoms with Crippen LogP contribution in [0.1, 0.15) is 11.8 Å². The Bertz CT molecular complexity index is 275. The van der Waals surface area contributed by atoms with Gasteiger partial charge in [-0.2, -0.15) is 0 Å². The maximum atomic E-state index is 5.59. The SMILES string of the molecule is CC(CN)CN(C)Cc1ccc(Br)s1. The summed E-state index contributed by atoms with van der Waals surface area (Å²) in [5.74, 6) is 0.573. The van der Waals surface area contributed by atoms with E-state index in [4.69, 9.17) is 5.73 Å². The summed E-state index contributed by atoms with van der Waals surface area (Å²) in [6.07, 6.45) is 0. The molecule has 0 aliphatic heterocycles. The van der Waals surface area contributed by atoms with Crippen LogP contribution >= 0.6 is 27.3 Å². The van der Waals surface area contributed by atoms with Crippen molar-refractivity contribution >= 4 is 27.3 Å². The first-order valence-corrected chi connectivity index (χ1v) is 6.35. The number of nitrogens with zero attached hydrogens (tertiary/aromatic N) is 1. The van der Waals surface area contributed by atoms with Crippen LogP contribution in [0, 0.1) is 5.92 Å². The van der Waals surface area contributed by atoms with Gasteiger partial charge in [0.1, 0.15) is 0 Å². The Kier molecular flexibility index (Phi) is 5.09. The van der Waals surface area contributed by atoms with Crippen molar-refractivity contribution < 1.29 is 0 Å². The van der Waals surface area contributed by atoms with Gasteiger partial charge in [-0.15, -0.1) is 11.3 Å². The Hall–Kier alpha value is 0.1000. The van der Waals surface area contributed by atoms with Crippen molar-refractivity contribution in [2.45, 2.75) is 13.5 Å². The molecular formula is C10H17BrN2S. The molecule has 14 heavy (non-hydrogen) atoms. The second kappa shape index (κ2) is 5.85. The Morgan fingerprint density at radius 2 is 2.29 bits per heavy atom. The fourth-order valence-electron chi connectivity index (χ4n) is 1.37. The lowest BCUT2D eigenvalue weighted by Crippen LogP contribution is -2.27. The van der Waals surface area contributed by atoms with Crippen molar-refractivity contribution in [3.05, 3.63) is 20.8 Å². The van der Waals surface area contributed by atoms with Crippen LogP contribution in [0.4, 0.5) is 0 Å². The topological polar surface area (TPSA) is 29.3 Å².